The van der Waals surface area contributed by atoms with Crippen LogP contribution in [-0.2, 0) is 6.54 Å². The molecule has 0 spiro atoms. The summed E-state index contributed by atoms with van der Waals surface area (Å²) in [6, 6.07) is 17.7. The Morgan fingerprint density at radius 1 is 1.22 bits per heavy atom. The molecule has 0 saturated carbocycles. The van der Waals surface area contributed by atoms with Crippen molar-refractivity contribution in [2.75, 3.05) is 12.3 Å². The average molecular weight is 423 g/mol. The molecule has 2 heterocycles. The van der Waals surface area contributed by atoms with Gasteiger partial charge >= 0.3 is 0 Å². The Morgan fingerprint density at radius 3 is 2.84 bits per heavy atom. The zero-order chi connectivity index (χ0) is 22.4. The number of nitrogens with two attached hydrogens (primary N) is 1. The average Bonchev–Trinajstić information content (AvgIpc) is 3.35. The lowest BCUT2D eigenvalue weighted by Gasteiger charge is -2.14. The van der Waals surface area contributed by atoms with E-state index in [-0.39, 0.29) is 18.3 Å². The number of anilines is 1. The quantitative estimate of drug-likeness (QED) is 0.369. The number of carbonyl (C=O) groups is 1. The lowest BCUT2D eigenvalue weighted by Crippen LogP contribution is -2.26. The Kier molecular flexibility index (Phi) is 4.49. The second-order valence-corrected chi connectivity index (χ2v) is 7.78. The van der Waals surface area contributed by atoms with Crippen LogP contribution in [-0.4, -0.2) is 27.5 Å². The van der Waals surface area contributed by atoms with Gasteiger partial charge in [-0.05, 0) is 47.0 Å². The Hall–Kier alpha value is -4.44. The number of halogens is 1. The minimum Gasteiger partial charge on any atom is -0.398 e. The molecule has 0 bridgehead atoms. The fourth-order valence-corrected chi connectivity index (χ4v) is 4.20. The molecule has 0 atom stereocenters. The number of rotatable bonds is 4. The van der Waals surface area contributed by atoms with Crippen LogP contribution in [0.3, 0.4) is 0 Å². The number of fused-ring (bicyclic) bond motifs is 2. The monoisotopic (exact) mass is 423 g/mol. The molecular formula is C25H18FN5O. The molecule has 32 heavy (non-hydrogen) atoms. The largest absolute Gasteiger partial charge is 0.398 e. The van der Waals surface area contributed by atoms with E-state index < -0.39 is 0 Å². The normalized spacial score (nSPS) is 12.8. The Bertz CT molecular complexity index is 1460. The van der Waals surface area contributed by atoms with E-state index in [4.69, 9.17) is 11.0 Å². The predicted molar refractivity (Wildman–Crippen MR) is 121 cm³/mol. The number of nitrogens with zero attached hydrogens (tertiary/aromatic N) is 3. The van der Waals surface area contributed by atoms with E-state index in [9.17, 15) is 9.18 Å². The summed E-state index contributed by atoms with van der Waals surface area (Å²) < 4.78 is 13.8. The third-order valence-electron chi connectivity index (χ3n) is 5.71. The summed E-state index contributed by atoms with van der Waals surface area (Å²) in [5, 5.41) is 17.3. The number of carbonyl (C=O) groups excluding carboxylic acids is 1. The van der Waals surface area contributed by atoms with Gasteiger partial charge in [-0.25, -0.2) is 4.39 Å². The van der Waals surface area contributed by atoms with Crippen LogP contribution >= 0.6 is 0 Å². The topological polar surface area (TPSA) is 98.8 Å². The van der Waals surface area contributed by atoms with Gasteiger partial charge in [-0.3, -0.25) is 9.89 Å². The lowest BCUT2D eigenvalue weighted by atomic mass is 9.94. The number of hydrogen-bond acceptors (Lipinski definition) is 4. The first-order valence-electron chi connectivity index (χ1n) is 9.99. The van der Waals surface area contributed by atoms with Gasteiger partial charge < -0.3 is 10.6 Å². The fraction of sp³-hybridized carbons (Fsp3) is 0.0800. The zero-order valence-corrected chi connectivity index (χ0v) is 17.0. The van der Waals surface area contributed by atoms with Crippen molar-refractivity contribution in [3.8, 4) is 28.5 Å². The van der Waals surface area contributed by atoms with E-state index in [2.05, 4.69) is 16.8 Å². The molecule has 1 amide bonds. The number of aromatic amines is 1. The first kappa shape index (κ1) is 19.5. The highest BCUT2D eigenvalue weighted by atomic mass is 19.1. The van der Waals surface area contributed by atoms with Crippen molar-refractivity contribution in [3.05, 3.63) is 83.7 Å². The van der Waals surface area contributed by atoms with Gasteiger partial charge in [0.05, 0.1) is 23.7 Å². The number of amides is 1. The number of H-pyrrole nitrogens is 1. The van der Waals surface area contributed by atoms with Crippen molar-refractivity contribution >= 4 is 22.5 Å². The molecule has 5 rings (SSSR count). The molecule has 0 saturated heterocycles. The molecule has 7 heteroatoms. The van der Waals surface area contributed by atoms with Gasteiger partial charge in [0.1, 0.15) is 11.5 Å². The lowest BCUT2D eigenvalue weighted by molar-refractivity contribution is 0.0794. The third-order valence-corrected chi connectivity index (χ3v) is 5.71. The van der Waals surface area contributed by atoms with Crippen LogP contribution in [0.5, 0.6) is 0 Å². The highest BCUT2D eigenvalue weighted by Gasteiger charge is 2.32. The molecule has 1 aliphatic rings. The number of nitrogens with one attached hydrogen (secondary N) is 1. The molecule has 1 aromatic heterocycles. The summed E-state index contributed by atoms with van der Waals surface area (Å²) in [5.74, 6) is -0.538. The SMILES string of the molecule is C=C(C#N)CN1Cc2c(-c3ccc4[nH]nc(-c5cccc(F)c5)c4c3)ccc(N)c2C1=O. The molecule has 0 aliphatic carbocycles. The van der Waals surface area contributed by atoms with E-state index in [1.807, 2.05) is 36.4 Å². The van der Waals surface area contributed by atoms with Gasteiger partial charge in [-0.15, -0.1) is 0 Å². The maximum absolute atomic E-state index is 13.8. The van der Waals surface area contributed by atoms with Gasteiger partial charge in [-0.2, -0.15) is 10.4 Å². The molecule has 156 valence electrons. The van der Waals surface area contributed by atoms with Crippen molar-refractivity contribution in [1.29, 1.82) is 5.26 Å². The second kappa shape index (κ2) is 7.36. The maximum atomic E-state index is 13.8. The van der Waals surface area contributed by atoms with Crippen LogP contribution in [0, 0.1) is 17.1 Å². The van der Waals surface area contributed by atoms with Crippen LogP contribution < -0.4 is 5.73 Å². The number of aromatic nitrogens is 2. The summed E-state index contributed by atoms with van der Waals surface area (Å²) in [6.07, 6.45) is 0. The van der Waals surface area contributed by atoms with E-state index in [1.165, 1.54) is 12.1 Å². The van der Waals surface area contributed by atoms with Gasteiger partial charge in [0.15, 0.2) is 0 Å². The summed E-state index contributed by atoms with van der Waals surface area (Å²) in [7, 11) is 0. The number of hydrogen-bond donors (Lipinski definition) is 2. The second-order valence-electron chi connectivity index (χ2n) is 7.78. The molecule has 3 aromatic carbocycles. The zero-order valence-electron chi connectivity index (χ0n) is 17.0. The van der Waals surface area contributed by atoms with E-state index in [0.717, 1.165) is 27.6 Å². The first-order valence-corrected chi connectivity index (χ1v) is 9.99. The molecule has 0 radical (unpaired) electrons. The van der Waals surface area contributed by atoms with Crippen LogP contribution in [0.1, 0.15) is 15.9 Å². The Morgan fingerprint density at radius 2 is 2.06 bits per heavy atom. The summed E-state index contributed by atoms with van der Waals surface area (Å²) in [5.41, 5.74) is 12.0. The van der Waals surface area contributed by atoms with Crippen LogP contribution in [0.4, 0.5) is 10.1 Å². The Labute approximate surface area is 183 Å². The minimum absolute atomic E-state index is 0.160. The number of benzene rings is 3. The van der Waals surface area contributed by atoms with E-state index in [1.54, 1.807) is 17.0 Å². The van der Waals surface area contributed by atoms with Crippen molar-refractivity contribution in [2.45, 2.75) is 6.54 Å². The van der Waals surface area contributed by atoms with Crippen molar-refractivity contribution < 1.29 is 9.18 Å². The molecule has 4 aromatic rings. The smallest absolute Gasteiger partial charge is 0.256 e. The molecule has 6 nitrogen and oxygen atoms in total. The van der Waals surface area contributed by atoms with Crippen molar-refractivity contribution in [3.63, 3.8) is 0 Å². The van der Waals surface area contributed by atoms with Gasteiger partial charge in [0.2, 0.25) is 0 Å². The molecular weight excluding hydrogens is 405 g/mol. The van der Waals surface area contributed by atoms with Gasteiger partial charge in [0, 0.05) is 28.8 Å². The van der Waals surface area contributed by atoms with Crippen molar-refractivity contribution in [2.24, 2.45) is 0 Å². The molecule has 0 fully saturated rings. The first-order chi connectivity index (χ1) is 15.5. The standard InChI is InChI=1S/C25H18FN5O/c1-14(11-27)12-31-13-20-18(6-7-21(28)23(20)25(31)32)15-5-8-22-19(10-15)24(30-29-22)16-3-2-4-17(26)9-16/h2-10H,1,12-13,28H2,(H,29,30). The van der Waals surface area contributed by atoms with E-state index >= 15 is 0 Å². The summed E-state index contributed by atoms with van der Waals surface area (Å²) >= 11 is 0. The van der Waals surface area contributed by atoms with Gasteiger partial charge in [-0.1, -0.05) is 30.8 Å². The maximum Gasteiger partial charge on any atom is 0.256 e. The highest BCUT2D eigenvalue weighted by Crippen LogP contribution is 2.38. The highest BCUT2D eigenvalue weighted by molar-refractivity contribution is 6.06. The molecule has 0 unspecified atom stereocenters. The predicted octanol–water partition coefficient (Wildman–Crippen LogP) is 4.65. The summed E-state index contributed by atoms with van der Waals surface area (Å²) in [4.78, 5) is 14.5. The number of nitriles is 1. The fourth-order valence-electron chi connectivity index (χ4n) is 4.20. The van der Waals surface area contributed by atoms with E-state index in [0.29, 0.717) is 34.6 Å². The number of nitrogen functional groups attached to an aromatic ring is 1. The Balaban J connectivity index is 1.62. The molecule has 3 N–H and O–H groups in total. The third kappa shape index (κ3) is 3.10. The van der Waals surface area contributed by atoms with Crippen molar-refractivity contribution in [1.82, 2.24) is 15.1 Å². The summed E-state index contributed by atoms with van der Waals surface area (Å²) in [6.45, 7) is 4.19. The molecule has 1 aliphatic heterocycles. The van der Waals surface area contributed by atoms with Crippen LogP contribution in [0.15, 0.2) is 66.7 Å². The van der Waals surface area contributed by atoms with Crippen LogP contribution in [0.2, 0.25) is 0 Å². The van der Waals surface area contributed by atoms with Gasteiger partial charge in [0.25, 0.3) is 5.91 Å². The minimum atomic E-state index is -0.330. The van der Waals surface area contributed by atoms with Crippen LogP contribution in [0.25, 0.3) is 33.3 Å².